The topological polar surface area (TPSA) is 83.9 Å². The van der Waals surface area contributed by atoms with Crippen LogP contribution in [0.1, 0.15) is 24.0 Å². The Morgan fingerprint density at radius 2 is 2.00 bits per heavy atom. The lowest BCUT2D eigenvalue weighted by Gasteiger charge is -2.22. The molecule has 1 heterocycles. The van der Waals surface area contributed by atoms with Gasteiger partial charge >= 0.3 is 5.97 Å². The number of benzene rings is 1. The smallest absolute Gasteiger partial charge is 0.322 e. The zero-order valence-electron chi connectivity index (χ0n) is 12.3. The third-order valence-electron chi connectivity index (χ3n) is 3.77. The molecule has 1 saturated heterocycles. The monoisotopic (exact) mass is 313 g/mol. The first-order valence-corrected chi connectivity index (χ1v) is 8.13. The fraction of sp³-hybridized carbons (Fsp3) is 0.500. The van der Waals surface area contributed by atoms with Gasteiger partial charge in [0.05, 0.1) is 12.0 Å². The third kappa shape index (κ3) is 2.75. The van der Waals surface area contributed by atoms with Crippen molar-refractivity contribution in [2.45, 2.75) is 37.6 Å². The second-order valence-corrected chi connectivity index (χ2v) is 7.06. The molecule has 21 heavy (non-hydrogen) atoms. The number of rotatable bonds is 4. The molecule has 1 N–H and O–H groups in total. The summed E-state index contributed by atoms with van der Waals surface area (Å²) >= 11 is 0. The van der Waals surface area contributed by atoms with Crippen LogP contribution < -0.4 is 4.74 Å². The Bertz CT molecular complexity index is 668. The van der Waals surface area contributed by atoms with Gasteiger partial charge in [0.25, 0.3) is 0 Å². The normalized spacial score (nSPS) is 19.7. The van der Waals surface area contributed by atoms with Gasteiger partial charge < -0.3 is 9.84 Å². The van der Waals surface area contributed by atoms with E-state index >= 15 is 0 Å². The summed E-state index contributed by atoms with van der Waals surface area (Å²) in [4.78, 5) is 11.4. The van der Waals surface area contributed by atoms with E-state index in [-0.39, 0.29) is 11.4 Å². The predicted molar refractivity (Wildman–Crippen MR) is 77.0 cm³/mol. The third-order valence-corrected chi connectivity index (χ3v) is 5.82. The molecule has 1 unspecified atom stereocenters. The first kappa shape index (κ1) is 15.8. The van der Waals surface area contributed by atoms with E-state index in [4.69, 9.17) is 4.74 Å². The summed E-state index contributed by atoms with van der Waals surface area (Å²) < 4.78 is 31.8. The summed E-state index contributed by atoms with van der Waals surface area (Å²) in [6.07, 6.45) is 0.910. The lowest BCUT2D eigenvalue weighted by Crippen LogP contribution is -2.40. The van der Waals surface area contributed by atoms with Crippen LogP contribution in [0.15, 0.2) is 17.0 Å². The number of aliphatic carboxylic acids is 1. The molecule has 1 atom stereocenters. The van der Waals surface area contributed by atoms with Gasteiger partial charge in [-0.2, -0.15) is 4.31 Å². The van der Waals surface area contributed by atoms with E-state index in [0.717, 1.165) is 4.31 Å². The fourth-order valence-corrected chi connectivity index (χ4v) is 4.61. The van der Waals surface area contributed by atoms with Gasteiger partial charge in [0.1, 0.15) is 11.8 Å². The highest BCUT2D eigenvalue weighted by atomic mass is 32.2. The number of methoxy groups -OCH3 is 1. The highest BCUT2D eigenvalue weighted by Crippen LogP contribution is 2.31. The predicted octanol–water partition coefficient (Wildman–Crippen LogP) is 1.55. The summed E-state index contributed by atoms with van der Waals surface area (Å²) in [6, 6.07) is 2.23. The van der Waals surface area contributed by atoms with Crippen molar-refractivity contribution < 1.29 is 23.1 Å². The van der Waals surface area contributed by atoms with Crippen molar-refractivity contribution in [1.82, 2.24) is 4.31 Å². The largest absolute Gasteiger partial charge is 0.496 e. The van der Waals surface area contributed by atoms with E-state index in [9.17, 15) is 18.3 Å². The number of carboxylic acids is 1. The molecule has 1 aromatic rings. The summed E-state index contributed by atoms with van der Waals surface area (Å²) in [5, 5.41) is 9.17. The number of hydrogen-bond donors (Lipinski definition) is 1. The fourth-order valence-electron chi connectivity index (χ4n) is 2.66. The van der Waals surface area contributed by atoms with E-state index in [1.165, 1.54) is 7.11 Å². The van der Waals surface area contributed by atoms with Crippen LogP contribution >= 0.6 is 0 Å². The molecule has 0 radical (unpaired) electrons. The Morgan fingerprint density at radius 3 is 2.57 bits per heavy atom. The van der Waals surface area contributed by atoms with Crippen LogP contribution in [0.2, 0.25) is 0 Å². The molecule has 0 aliphatic carbocycles. The van der Waals surface area contributed by atoms with Crippen LogP contribution in [-0.2, 0) is 14.8 Å². The number of carboxylic acid groups (broad SMARTS) is 1. The number of nitrogens with zero attached hydrogens (tertiary/aromatic N) is 1. The van der Waals surface area contributed by atoms with Crippen LogP contribution in [0, 0.1) is 13.8 Å². The van der Waals surface area contributed by atoms with Gasteiger partial charge in [0, 0.05) is 6.54 Å². The molecule has 0 aromatic heterocycles. The average Bonchev–Trinajstić information content (AvgIpc) is 2.91. The molecule has 7 heteroatoms. The molecule has 1 aliphatic rings. The molecule has 6 nitrogen and oxygen atoms in total. The molecule has 1 aliphatic heterocycles. The Kier molecular flexibility index (Phi) is 4.25. The maximum absolute atomic E-state index is 12.7. The summed E-state index contributed by atoms with van der Waals surface area (Å²) in [7, 11) is -2.29. The second-order valence-electron chi connectivity index (χ2n) is 5.20. The summed E-state index contributed by atoms with van der Waals surface area (Å²) in [5.74, 6) is -0.485. The Labute approximate surface area is 124 Å². The van der Waals surface area contributed by atoms with Crippen LogP contribution in [0.3, 0.4) is 0 Å². The van der Waals surface area contributed by atoms with E-state index in [0.29, 0.717) is 29.7 Å². The number of aryl methyl sites for hydroxylation is 2. The maximum atomic E-state index is 12.7. The molecule has 0 spiro atoms. The van der Waals surface area contributed by atoms with Gasteiger partial charge in [-0.05, 0) is 49.9 Å². The van der Waals surface area contributed by atoms with Crippen molar-refractivity contribution in [3.8, 4) is 5.75 Å². The minimum atomic E-state index is -3.81. The number of carbonyl (C=O) groups is 1. The molecule has 0 saturated carbocycles. The Balaban J connectivity index is 2.49. The van der Waals surface area contributed by atoms with Gasteiger partial charge in [-0.1, -0.05) is 0 Å². The zero-order chi connectivity index (χ0) is 15.8. The molecule has 0 bridgehead atoms. The summed E-state index contributed by atoms with van der Waals surface area (Å²) in [6.45, 7) is 3.68. The highest BCUT2D eigenvalue weighted by Gasteiger charge is 2.40. The van der Waals surface area contributed by atoms with Gasteiger partial charge in [-0.15, -0.1) is 0 Å². The van der Waals surface area contributed by atoms with Crippen molar-refractivity contribution in [2.24, 2.45) is 0 Å². The van der Waals surface area contributed by atoms with Crippen LogP contribution in [-0.4, -0.2) is 43.5 Å². The molecule has 2 rings (SSSR count). The standard InChI is InChI=1S/C14H19NO5S/c1-9-8-13(10(2)7-12(9)20-3)21(18,19)15-6-4-5-11(15)14(16)17/h7-8,11H,4-6H2,1-3H3,(H,16,17). The van der Waals surface area contributed by atoms with Crippen molar-refractivity contribution in [1.29, 1.82) is 0 Å². The van der Waals surface area contributed by atoms with Crippen molar-refractivity contribution in [3.05, 3.63) is 23.3 Å². The quantitative estimate of drug-likeness (QED) is 0.911. The van der Waals surface area contributed by atoms with Crippen LogP contribution in [0.5, 0.6) is 5.75 Å². The van der Waals surface area contributed by atoms with Crippen molar-refractivity contribution in [2.75, 3.05) is 13.7 Å². The van der Waals surface area contributed by atoms with Crippen LogP contribution in [0.4, 0.5) is 0 Å². The maximum Gasteiger partial charge on any atom is 0.322 e. The summed E-state index contributed by atoms with van der Waals surface area (Å²) in [5.41, 5.74) is 1.25. The van der Waals surface area contributed by atoms with Gasteiger partial charge in [0.2, 0.25) is 10.0 Å². The first-order valence-electron chi connectivity index (χ1n) is 6.69. The van der Waals surface area contributed by atoms with Crippen molar-refractivity contribution >= 4 is 16.0 Å². The van der Waals surface area contributed by atoms with Crippen LogP contribution in [0.25, 0.3) is 0 Å². The SMILES string of the molecule is COc1cc(C)c(S(=O)(=O)N2CCCC2C(=O)O)cc1C. The lowest BCUT2D eigenvalue weighted by atomic mass is 10.1. The molecular formula is C14H19NO5S. The Hall–Kier alpha value is -1.60. The molecule has 1 aromatic carbocycles. The lowest BCUT2D eigenvalue weighted by molar-refractivity contribution is -0.140. The minimum absolute atomic E-state index is 0.147. The number of ether oxygens (including phenoxy) is 1. The van der Waals surface area contributed by atoms with E-state index in [1.807, 2.05) is 0 Å². The second kappa shape index (κ2) is 5.65. The van der Waals surface area contributed by atoms with Gasteiger partial charge in [-0.3, -0.25) is 4.79 Å². The zero-order valence-corrected chi connectivity index (χ0v) is 13.1. The molecule has 0 amide bonds. The average molecular weight is 313 g/mol. The first-order chi connectivity index (χ1) is 9.78. The minimum Gasteiger partial charge on any atom is -0.496 e. The molecular weight excluding hydrogens is 294 g/mol. The van der Waals surface area contributed by atoms with Gasteiger partial charge in [0.15, 0.2) is 0 Å². The van der Waals surface area contributed by atoms with Gasteiger partial charge in [-0.25, -0.2) is 8.42 Å². The van der Waals surface area contributed by atoms with E-state index in [2.05, 4.69) is 0 Å². The number of sulfonamides is 1. The van der Waals surface area contributed by atoms with E-state index in [1.54, 1.807) is 26.0 Å². The van der Waals surface area contributed by atoms with Crippen molar-refractivity contribution in [3.63, 3.8) is 0 Å². The Morgan fingerprint density at radius 1 is 1.33 bits per heavy atom. The van der Waals surface area contributed by atoms with E-state index < -0.39 is 22.0 Å². The highest BCUT2D eigenvalue weighted by molar-refractivity contribution is 7.89. The molecule has 116 valence electrons. The molecule has 1 fully saturated rings. The number of hydrogen-bond acceptors (Lipinski definition) is 4.